The van der Waals surface area contributed by atoms with Gasteiger partial charge in [-0.1, -0.05) is 95.2 Å². The van der Waals surface area contributed by atoms with E-state index in [1.54, 1.807) is 0 Å². The smallest absolute Gasteiger partial charge is 0.387 e. The van der Waals surface area contributed by atoms with E-state index in [4.69, 9.17) is 27.1 Å². The molecule has 3 heterocycles. The second-order valence-electron chi connectivity index (χ2n) is 19.6. The number of rotatable bonds is 4. The van der Waals surface area contributed by atoms with Gasteiger partial charge in [-0.2, -0.15) is 0 Å². The lowest BCUT2D eigenvalue weighted by Crippen LogP contribution is -2.47. The van der Waals surface area contributed by atoms with Crippen molar-refractivity contribution in [2.75, 3.05) is 6.54 Å². The molecule has 5 rings (SSSR count). The third-order valence-corrected chi connectivity index (χ3v) is 10.4. The van der Waals surface area contributed by atoms with Crippen LogP contribution >= 0.6 is 8.24 Å². The molecule has 2 aromatic carbocycles. The highest BCUT2D eigenvalue weighted by molar-refractivity contribution is 7.31. The normalized spacial score (nSPS) is 23.7. The number of hydrogen-bond acceptors (Lipinski definition) is 7. The number of ether oxygens (including phenoxy) is 3. The molecule has 0 unspecified atom stereocenters. The van der Waals surface area contributed by atoms with Gasteiger partial charge in [0, 0.05) is 34.0 Å². The fraction of sp³-hybridized carbons (Fsp3) is 0.700. The molecule has 3 aromatic rings. The molecule has 4 atom stereocenters. The van der Waals surface area contributed by atoms with E-state index in [9.17, 15) is 0 Å². The number of nitrogens with one attached hydrogen (secondary N) is 1. The minimum Gasteiger partial charge on any atom is -0.399 e. The van der Waals surface area contributed by atoms with E-state index in [0.717, 1.165) is 33.1 Å². The maximum Gasteiger partial charge on any atom is 0.387 e. The summed E-state index contributed by atoms with van der Waals surface area (Å²) in [5, 5.41) is 5.68. The molecule has 1 N–H and O–H groups in total. The SMILES string of the molecule is CC(C)(C)NC[C@H]1O[C@@H]2OC(C)(C)O[C@@H]2[C@H]1Op1oc2c(C(C)(C)C)cc(C(C)(C)C)cc2c2cc(C(C)(C)C)cc(C(C)(C)C)c2o1. The summed E-state index contributed by atoms with van der Waals surface area (Å²) in [6.45, 7) is 37.9. The molecule has 0 amide bonds. The van der Waals surface area contributed by atoms with Crippen molar-refractivity contribution in [2.45, 2.75) is 175 Å². The van der Waals surface area contributed by atoms with Crippen LogP contribution in [0.2, 0.25) is 0 Å². The van der Waals surface area contributed by atoms with E-state index in [0.29, 0.717) is 6.54 Å². The zero-order chi connectivity index (χ0) is 36.0. The third-order valence-electron chi connectivity index (χ3n) is 9.28. The Labute approximate surface area is 290 Å². The lowest BCUT2D eigenvalue weighted by Gasteiger charge is -2.28. The summed E-state index contributed by atoms with van der Waals surface area (Å²) in [5.41, 5.74) is 5.72. The zero-order valence-electron chi connectivity index (χ0n) is 32.7. The van der Waals surface area contributed by atoms with Crippen molar-refractivity contribution in [3.05, 3.63) is 46.5 Å². The Hall–Kier alpha value is -1.86. The van der Waals surface area contributed by atoms with Crippen LogP contribution < -0.4 is 9.84 Å². The van der Waals surface area contributed by atoms with Gasteiger partial charge < -0.3 is 27.9 Å². The molecule has 0 spiro atoms. The minimum atomic E-state index is -1.95. The molecule has 2 aliphatic rings. The van der Waals surface area contributed by atoms with Crippen molar-refractivity contribution < 1.29 is 27.1 Å². The molecule has 268 valence electrons. The lowest BCUT2D eigenvalue weighted by atomic mass is 9.77. The Morgan fingerprint density at radius 2 is 1.12 bits per heavy atom. The third kappa shape index (κ3) is 7.87. The molecular formula is C40H62NO6P. The van der Waals surface area contributed by atoms with Crippen LogP contribution in [0.4, 0.5) is 0 Å². The predicted molar refractivity (Wildman–Crippen MR) is 198 cm³/mol. The molecule has 2 fully saturated rings. The zero-order valence-corrected chi connectivity index (χ0v) is 33.6. The summed E-state index contributed by atoms with van der Waals surface area (Å²) in [6.07, 6.45) is -1.79. The minimum absolute atomic E-state index is 0.0752. The van der Waals surface area contributed by atoms with Crippen molar-refractivity contribution in [3.63, 3.8) is 0 Å². The molecule has 0 radical (unpaired) electrons. The van der Waals surface area contributed by atoms with E-state index in [1.807, 2.05) is 13.8 Å². The van der Waals surface area contributed by atoms with Crippen LogP contribution in [0, 0.1) is 0 Å². The number of hydrogen-bond donors (Lipinski definition) is 1. The fourth-order valence-corrected chi connectivity index (χ4v) is 7.66. The van der Waals surface area contributed by atoms with Gasteiger partial charge in [-0.05, 0) is 79.5 Å². The van der Waals surface area contributed by atoms with Crippen LogP contribution in [-0.2, 0) is 35.9 Å². The highest BCUT2D eigenvalue weighted by Crippen LogP contribution is 2.47. The van der Waals surface area contributed by atoms with Crippen LogP contribution in [0.15, 0.2) is 32.7 Å². The van der Waals surface area contributed by atoms with E-state index >= 15 is 0 Å². The Morgan fingerprint density at radius 1 is 0.667 bits per heavy atom. The van der Waals surface area contributed by atoms with Crippen molar-refractivity contribution in [1.29, 1.82) is 0 Å². The Morgan fingerprint density at radius 3 is 1.52 bits per heavy atom. The van der Waals surface area contributed by atoms with Crippen LogP contribution in [0.25, 0.3) is 21.9 Å². The van der Waals surface area contributed by atoms with Gasteiger partial charge in [0.05, 0.1) is 0 Å². The standard InChI is InChI=1S/C40H62NO6P/c1-35(2,3)23-18-25-26-19-24(36(4,5)6)21-28(38(10,11)12)31(26)46-48(45-30(25)27(20-23)37(7,8)9)47-32-29(22-41-39(13,14)15)42-34-33(32)43-40(16,17)44-34/h18-21,29,32-34,41H,22H2,1-17H3/t29-,32+,33-,34-/m1/s1. The predicted octanol–water partition coefficient (Wildman–Crippen LogP) is 10.5. The average Bonchev–Trinajstić information content (AvgIpc) is 3.28. The van der Waals surface area contributed by atoms with Crippen LogP contribution in [-0.4, -0.2) is 42.5 Å². The first-order valence-corrected chi connectivity index (χ1v) is 18.7. The van der Waals surface area contributed by atoms with Gasteiger partial charge in [0.1, 0.15) is 29.5 Å². The molecule has 8 heteroatoms. The maximum atomic E-state index is 7.06. The highest BCUT2D eigenvalue weighted by Gasteiger charge is 2.56. The van der Waals surface area contributed by atoms with Crippen molar-refractivity contribution in [2.24, 2.45) is 0 Å². The molecule has 2 saturated heterocycles. The van der Waals surface area contributed by atoms with Crippen LogP contribution in [0.5, 0.6) is 0 Å². The van der Waals surface area contributed by atoms with Gasteiger partial charge in [-0.3, -0.25) is 4.52 Å². The van der Waals surface area contributed by atoms with Crippen molar-refractivity contribution in [1.82, 2.24) is 5.32 Å². The molecule has 7 nitrogen and oxygen atoms in total. The summed E-state index contributed by atoms with van der Waals surface area (Å²) in [4.78, 5) is 0. The largest absolute Gasteiger partial charge is 0.399 e. The Bertz CT molecular complexity index is 1610. The summed E-state index contributed by atoms with van der Waals surface area (Å²) in [5.74, 6) is -0.789. The fourth-order valence-electron chi connectivity index (χ4n) is 6.39. The summed E-state index contributed by atoms with van der Waals surface area (Å²) >= 11 is 0. The summed E-state index contributed by atoms with van der Waals surface area (Å²) < 4.78 is 40.2. The van der Waals surface area contributed by atoms with Crippen molar-refractivity contribution >= 4 is 30.2 Å². The Balaban J connectivity index is 1.86. The Kier molecular flexibility index (Phi) is 9.45. The quantitative estimate of drug-likeness (QED) is 0.293. The maximum absolute atomic E-state index is 7.06. The average molecular weight is 684 g/mol. The second kappa shape index (κ2) is 12.1. The van der Waals surface area contributed by atoms with Crippen molar-refractivity contribution in [3.8, 4) is 0 Å². The van der Waals surface area contributed by atoms with Gasteiger partial charge in [0.25, 0.3) is 0 Å². The summed E-state index contributed by atoms with van der Waals surface area (Å²) in [7, 11) is -1.95. The first-order chi connectivity index (χ1) is 21.6. The number of benzene rings is 2. The van der Waals surface area contributed by atoms with E-state index < -0.39 is 32.5 Å². The van der Waals surface area contributed by atoms with Crippen LogP contribution in [0.1, 0.15) is 140 Å². The van der Waals surface area contributed by atoms with E-state index in [1.165, 1.54) is 11.1 Å². The molecular weight excluding hydrogens is 621 g/mol. The van der Waals surface area contributed by atoms with E-state index in [-0.39, 0.29) is 33.3 Å². The van der Waals surface area contributed by atoms with Gasteiger partial charge in [-0.25, -0.2) is 0 Å². The van der Waals surface area contributed by atoms with Gasteiger partial charge >= 0.3 is 8.24 Å². The highest BCUT2D eigenvalue weighted by atomic mass is 31.1. The molecule has 0 aliphatic carbocycles. The molecule has 1 aromatic heterocycles. The van der Waals surface area contributed by atoms with E-state index in [2.05, 4.69) is 133 Å². The monoisotopic (exact) mass is 683 g/mol. The topological polar surface area (TPSA) is 75.2 Å². The number of fused-ring (bicyclic) bond motifs is 4. The van der Waals surface area contributed by atoms with Gasteiger partial charge in [0.2, 0.25) is 0 Å². The lowest BCUT2D eigenvalue weighted by molar-refractivity contribution is -0.211. The van der Waals surface area contributed by atoms with Gasteiger partial charge in [0.15, 0.2) is 12.1 Å². The second-order valence-corrected chi connectivity index (χ2v) is 20.6. The molecule has 0 bridgehead atoms. The van der Waals surface area contributed by atoms with Gasteiger partial charge in [-0.15, -0.1) is 0 Å². The first kappa shape index (κ1) is 37.4. The first-order valence-electron chi connectivity index (χ1n) is 17.6. The molecule has 48 heavy (non-hydrogen) atoms. The molecule has 0 saturated carbocycles. The molecule has 2 aliphatic heterocycles. The van der Waals surface area contributed by atoms with Crippen LogP contribution in [0.3, 0.4) is 0 Å². The summed E-state index contributed by atoms with van der Waals surface area (Å²) in [6, 6.07) is 9.25.